The monoisotopic (exact) mass is 466 g/mol. The SMILES string of the molecule is CCCCCCCCCCOC(=O)C1CCCCC1C(=O)Oc1ccc(Br)cc1. The summed E-state index contributed by atoms with van der Waals surface area (Å²) in [5.41, 5.74) is 0. The van der Waals surface area contributed by atoms with Crippen molar-refractivity contribution in [1.82, 2.24) is 0 Å². The van der Waals surface area contributed by atoms with Gasteiger partial charge in [-0.05, 0) is 43.5 Å². The molecule has 0 bridgehead atoms. The van der Waals surface area contributed by atoms with Crippen LogP contribution in [0.1, 0.15) is 84.0 Å². The first kappa shape index (κ1) is 23.9. The Bertz CT molecular complexity index is 614. The van der Waals surface area contributed by atoms with Crippen molar-refractivity contribution in [3.8, 4) is 5.75 Å². The Morgan fingerprint density at radius 3 is 2.03 bits per heavy atom. The number of carbonyl (C=O) groups excluding carboxylic acids is 2. The van der Waals surface area contributed by atoms with Crippen molar-refractivity contribution >= 4 is 27.9 Å². The number of unbranched alkanes of at least 4 members (excludes halogenated alkanes) is 7. The fourth-order valence-corrected chi connectivity index (χ4v) is 4.17. The molecule has 0 saturated heterocycles. The van der Waals surface area contributed by atoms with E-state index in [2.05, 4.69) is 22.9 Å². The minimum Gasteiger partial charge on any atom is -0.465 e. The van der Waals surface area contributed by atoms with Gasteiger partial charge < -0.3 is 9.47 Å². The number of carbonyl (C=O) groups is 2. The van der Waals surface area contributed by atoms with Crippen molar-refractivity contribution in [1.29, 1.82) is 0 Å². The van der Waals surface area contributed by atoms with Crippen molar-refractivity contribution in [2.75, 3.05) is 6.61 Å². The summed E-state index contributed by atoms with van der Waals surface area (Å²) >= 11 is 3.37. The molecular formula is C24H35BrO4. The average Bonchev–Trinajstić information content (AvgIpc) is 2.74. The van der Waals surface area contributed by atoms with Crippen LogP contribution in [0.15, 0.2) is 28.7 Å². The Hall–Kier alpha value is -1.36. The van der Waals surface area contributed by atoms with Crippen LogP contribution in [-0.2, 0) is 14.3 Å². The number of benzene rings is 1. The van der Waals surface area contributed by atoms with Crippen LogP contribution >= 0.6 is 15.9 Å². The Labute approximate surface area is 183 Å². The van der Waals surface area contributed by atoms with Gasteiger partial charge in [0.25, 0.3) is 0 Å². The summed E-state index contributed by atoms with van der Waals surface area (Å²) in [6.07, 6.45) is 13.0. The molecule has 1 saturated carbocycles. The molecule has 1 aromatic carbocycles. The maximum atomic E-state index is 12.6. The molecule has 162 valence electrons. The van der Waals surface area contributed by atoms with Gasteiger partial charge in [-0.2, -0.15) is 0 Å². The molecule has 2 rings (SSSR count). The molecule has 2 atom stereocenters. The smallest absolute Gasteiger partial charge is 0.315 e. The molecule has 0 radical (unpaired) electrons. The summed E-state index contributed by atoms with van der Waals surface area (Å²) in [4.78, 5) is 25.2. The molecule has 1 aliphatic carbocycles. The highest BCUT2D eigenvalue weighted by atomic mass is 79.9. The van der Waals surface area contributed by atoms with Crippen LogP contribution < -0.4 is 4.74 Å². The van der Waals surface area contributed by atoms with Gasteiger partial charge in [0, 0.05) is 4.47 Å². The number of halogens is 1. The lowest BCUT2D eigenvalue weighted by atomic mass is 9.79. The Morgan fingerprint density at radius 1 is 0.862 bits per heavy atom. The van der Waals surface area contributed by atoms with Crippen molar-refractivity contribution in [3.63, 3.8) is 0 Å². The third-order valence-electron chi connectivity index (χ3n) is 5.65. The normalized spacial score (nSPS) is 19.0. The molecule has 0 aromatic heterocycles. The molecule has 0 aliphatic heterocycles. The van der Waals surface area contributed by atoms with Crippen LogP contribution in [0, 0.1) is 11.8 Å². The molecular weight excluding hydrogens is 432 g/mol. The highest BCUT2D eigenvalue weighted by Gasteiger charge is 2.38. The molecule has 1 fully saturated rings. The second kappa shape index (κ2) is 13.8. The van der Waals surface area contributed by atoms with Crippen molar-refractivity contribution in [2.24, 2.45) is 11.8 Å². The summed E-state index contributed by atoms with van der Waals surface area (Å²) in [6, 6.07) is 7.17. The Balaban J connectivity index is 1.71. The third kappa shape index (κ3) is 8.90. The highest BCUT2D eigenvalue weighted by molar-refractivity contribution is 9.10. The van der Waals surface area contributed by atoms with Crippen LogP contribution in [0.5, 0.6) is 5.75 Å². The lowest BCUT2D eigenvalue weighted by molar-refractivity contribution is -0.158. The van der Waals surface area contributed by atoms with Gasteiger partial charge in [-0.25, -0.2) is 0 Å². The van der Waals surface area contributed by atoms with Gasteiger partial charge in [-0.15, -0.1) is 0 Å². The molecule has 0 amide bonds. The van der Waals surface area contributed by atoms with Gasteiger partial charge in [0.2, 0.25) is 0 Å². The molecule has 0 N–H and O–H groups in total. The van der Waals surface area contributed by atoms with Crippen LogP contribution in [0.3, 0.4) is 0 Å². The fraction of sp³-hybridized carbons (Fsp3) is 0.667. The molecule has 0 spiro atoms. The van der Waals surface area contributed by atoms with Crippen LogP contribution in [-0.4, -0.2) is 18.5 Å². The minimum absolute atomic E-state index is 0.231. The van der Waals surface area contributed by atoms with Crippen LogP contribution in [0.2, 0.25) is 0 Å². The third-order valence-corrected chi connectivity index (χ3v) is 6.17. The standard InChI is InChI=1S/C24H35BrO4/c1-2-3-4-5-6-7-8-11-18-28-23(26)21-12-9-10-13-22(21)24(27)29-20-16-14-19(25)15-17-20/h14-17,21-22H,2-13,18H2,1H3. The zero-order valence-corrected chi connectivity index (χ0v) is 19.3. The Morgan fingerprint density at radius 2 is 1.41 bits per heavy atom. The van der Waals surface area contributed by atoms with Crippen molar-refractivity contribution in [2.45, 2.75) is 84.0 Å². The predicted molar refractivity (Wildman–Crippen MR) is 119 cm³/mol. The average molecular weight is 467 g/mol. The molecule has 0 heterocycles. The molecule has 2 unspecified atom stereocenters. The highest BCUT2D eigenvalue weighted by Crippen LogP contribution is 2.32. The van der Waals surface area contributed by atoms with Crippen LogP contribution in [0.4, 0.5) is 0 Å². The van der Waals surface area contributed by atoms with E-state index in [0.29, 0.717) is 25.2 Å². The first-order valence-electron chi connectivity index (χ1n) is 11.3. The summed E-state index contributed by atoms with van der Waals surface area (Å²) < 4.78 is 12.0. The minimum atomic E-state index is -0.404. The van der Waals surface area contributed by atoms with E-state index in [0.717, 1.165) is 30.2 Å². The van der Waals surface area contributed by atoms with Gasteiger partial charge >= 0.3 is 11.9 Å². The molecule has 5 heteroatoms. The topological polar surface area (TPSA) is 52.6 Å². The maximum absolute atomic E-state index is 12.6. The first-order valence-corrected chi connectivity index (χ1v) is 12.0. The van der Waals surface area contributed by atoms with Gasteiger partial charge in [0.1, 0.15) is 5.75 Å². The first-order chi connectivity index (χ1) is 14.1. The second-order valence-corrected chi connectivity index (χ2v) is 8.93. The van der Waals surface area contributed by atoms with Gasteiger partial charge in [-0.3, -0.25) is 9.59 Å². The zero-order chi connectivity index (χ0) is 20.9. The lowest BCUT2D eigenvalue weighted by Crippen LogP contribution is -2.36. The van der Waals surface area contributed by atoms with E-state index < -0.39 is 5.92 Å². The lowest BCUT2D eigenvalue weighted by Gasteiger charge is -2.28. The van der Waals surface area contributed by atoms with Gasteiger partial charge in [-0.1, -0.05) is 80.6 Å². The van der Waals surface area contributed by atoms with E-state index in [1.807, 2.05) is 12.1 Å². The largest absolute Gasteiger partial charge is 0.465 e. The van der Waals surface area contributed by atoms with E-state index in [4.69, 9.17) is 9.47 Å². The fourth-order valence-electron chi connectivity index (χ4n) is 3.91. The number of esters is 2. The number of hydrogen-bond acceptors (Lipinski definition) is 4. The summed E-state index contributed by atoms with van der Waals surface area (Å²) in [5.74, 6) is -0.819. The van der Waals surface area contributed by atoms with E-state index >= 15 is 0 Å². The van der Waals surface area contributed by atoms with Crippen molar-refractivity contribution in [3.05, 3.63) is 28.7 Å². The van der Waals surface area contributed by atoms with Crippen LogP contribution in [0.25, 0.3) is 0 Å². The van der Waals surface area contributed by atoms with E-state index in [9.17, 15) is 9.59 Å². The van der Waals surface area contributed by atoms with Gasteiger partial charge in [0.05, 0.1) is 18.4 Å². The number of rotatable bonds is 12. The predicted octanol–water partition coefficient (Wildman–Crippen LogP) is 6.84. The summed E-state index contributed by atoms with van der Waals surface area (Å²) in [6.45, 7) is 2.69. The summed E-state index contributed by atoms with van der Waals surface area (Å²) in [7, 11) is 0. The molecule has 1 aromatic rings. The molecule has 29 heavy (non-hydrogen) atoms. The number of ether oxygens (including phenoxy) is 2. The maximum Gasteiger partial charge on any atom is 0.315 e. The van der Waals surface area contributed by atoms with E-state index in [-0.39, 0.29) is 17.9 Å². The van der Waals surface area contributed by atoms with Crippen molar-refractivity contribution < 1.29 is 19.1 Å². The Kier molecular flexibility index (Phi) is 11.4. The quantitative estimate of drug-likeness (QED) is 0.192. The van der Waals surface area contributed by atoms with E-state index in [1.54, 1.807) is 12.1 Å². The molecule has 4 nitrogen and oxygen atoms in total. The summed E-state index contributed by atoms with van der Waals surface area (Å²) in [5, 5.41) is 0. The zero-order valence-electron chi connectivity index (χ0n) is 17.7. The van der Waals surface area contributed by atoms with E-state index in [1.165, 1.54) is 38.5 Å². The molecule has 1 aliphatic rings. The van der Waals surface area contributed by atoms with Gasteiger partial charge in [0.15, 0.2) is 0 Å². The second-order valence-electron chi connectivity index (χ2n) is 8.01. The number of hydrogen-bond donors (Lipinski definition) is 0.